The van der Waals surface area contributed by atoms with Crippen LogP contribution in [0.25, 0.3) is 0 Å². The van der Waals surface area contributed by atoms with Crippen molar-refractivity contribution in [3.8, 4) is 0 Å². The molecule has 1 aliphatic rings. The Kier molecular flexibility index (Phi) is 0.883. The zero-order valence-corrected chi connectivity index (χ0v) is 3.55. The van der Waals surface area contributed by atoms with Gasteiger partial charge in [0.1, 0.15) is 0 Å². The second kappa shape index (κ2) is 1.40. The van der Waals surface area contributed by atoms with Crippen LogP contribution in [0.2, 0.25) is 0 Å². The van der Waals surface area contributed by atoms with Gasteiger partial charge in [0, 0.05) is 0 Å². The number of carbonyl (C=O) groups excluding carboxylic acids is 1. The van der Waals surface area contributed by atoms with Crippen molar-refractivity contribution in [2.75, 3.05) is 6.54 Å². The molecule has 4 heteroatoms. The van der Waals surface area contributed by atoms with Crippen LogP contribution in [0.3, 0.4) is 0 Å². The zero-order valence-electron chi connectivity index (χ0n) is 3.55. The monoisotopic (exact) mass is 100 g/mol. The second-order valence-electron chi connectivity index (χ2n) is 1.30. The van der Waals surface area contributed by atoms with Gasteiger partial charge in [-0.05, 0) is 0 Å². The molecule has 38 valence electrons. The fourth-order valence-corrected chi connectivity index (χ4v) is 0.384. The van der Waals surface area contributed by atoms with E-state index in [4.69, 9.17) is 0 Å². The molecule has 1 heterocycles. The predicted octanol–water partition coefficient (Wildman–Crippen LogP) is -2.06. The molecular formula is C3H4N2O2. The smallest absolute Gasteiger partial charge is 0.306 e. The van der Waals surface area contributed by atoms with Crippen molar-refractivity contribution < 1.29 is 9.86 Å². The first-order valence-corrected chi connectivity index (χ1v) is 1.89. The van der Waals surface area contributed by atoms with E-state index >= 15 is 0 Å². The summed E-state index contributed by atoms with van der Waals surface area (Å²) in [4.78, 5) is 13.2. The van der Waals surface area contributed by atoms with Crippen molar-refractivity contribution >= 4 is 12.2 Å². The van der Waals surface area contributed by atoms with Gasteiger partial charge < -0.3 is 10.3 Å². The first kappa shape index (κ1) is 4.42. The maximum absolute atomic E-state index is 10.1. The fraction of sp³-hybridized carbons (Fsp3) is 0.333. The molecule has 7 heavy (non-hydrogen) atoms. The normalized spacial score (nSPS) is 29.3. The summed E-state index contributed by atoms with van der Waals surface area (Å²) in [6, 6.07) is 0. The fourth-order valence-electron chi connectivity index (χ4n) is 0.384. The highest BCUT2D eigenvalue weighted by Crippen LogP contribution is 1.69. The maximum atomic E-state index is 10.1. The van der Waals surface area contributed by atoms with E-state index in [0.29, 0.717) is 0 Å². The summed E-state index contributed by atoms with van der Waals surface area (Å²) in [5.41, 5.74) is 0. The first-order valence-electron chi connectivity index (χ1n) is 1.89. The summed E-state index contributed by atoms with van der Waals surface area (Å²) < 4.78 is 0. The lowest BCUT2D eigenvalue weighted by atomic mass is 10.7. The van der Waals surface area contributed by atoms with Crippen LogP contribution in [0.15, 0.2) is 4.99 Å². The molecule has 1 aliphatic heterocycles. The van der Waals surface area contributed by atoms with Crippen LogP contribution >= 0.6 is 0 Å². The molecule has 0 saturated carbocycles. The van der Waals surface area contributed by atoms with E-state index in [-0.39, 0.29) is 17.5 Å². The number of nitrogens with one attached hydrogen (secondary N) is 1. The molecular weight excluding hydrogens is 96.0 g/mol. The van der Waals surface area contributed by atoms with Crippen LogP contribution in [0, 0.1) is 5.21 Å². The third-order valence-electron chi connectivity index (χ3n) is 0.678. The number of aliphatic imine (C=N–C) groups is 1. The van der Waals surface area contributed by atoms with E-state index < -0.39 is 0 Å². The van der Waals surface area contributed by atoms with Gasteiger partial charge in [0.15, 0.2) is 12.9 Å². The Bertz CT molecular complexity index is 120. The number of quaternary nitrogens is 1. The number of rotatable bonds is 0. The molecule has 0 spiro atoms. The van der Waals surface area contributed by atoms with Crippen molar-refractivity contribution in [1.29, 1.82) is 0 Å². The third-order valence-corrected chi connectivity index (χ3v) is 0.678. The van der Waals surface area contributed by atoms with Gasteiger partial charge in [-0.15, -0.1) is 0 Å². The molecule has 0 aliphatic carbocycles. The average Bonchev–Trinajstić information content (AvgIpc) is 1.87. The summed E-state index contributed by atoms with van der Waals surface area (Å²) >= 11 is 0. The van der Waals surface area contributed by atoms with Crippen molar-refractivity contribution in [3.05, 3.63) is 5.21 Å². The summed E-state index contributed by atoms with van der Waals surface area (Å²) in [7, 11) is 0. The summed E-state index contributed by atoms with van der Waals surface area (Å²) in [5.74, 6) is -0.329. The summed E-state index contributed by atoms with van der Waals surface area (Å²) in [6.45, 7) is -0.0278. The molecule has 4 nitrogen and oxygen atoms in total. The second-order valence-corrected chi connectivity index (χ2v) is 1.30. The van der Waals surface area contributed by atoms with E-state index in [0.717, 1.165) is 6.34 Å². The highest BCUT2D eigenvalue weighted by atomic mass is 16.5. The zero-order chi connectivity index (χ0) is 5.28. The molecule has 0 bridgehead atoms. The molecule has 0 saturated heterocycles. The molecule has 0 aromatic rings. The molecule has 0 radical (unpaired) electrons. The van der Waals surface area contributed by atoms with Gasteiger partial charge in [0.2, 0.25) is 0 Å². The van der Waals surface area contributed by atoms with Gasteiger partial charge in [-0.2, -0.15) is 4.99 Å². The predicted molar refractivity (Wildman–Crippen MR) is 22.7 cm³/mol. The Balaban J connectivity index is 2.58. The van der Waals surface area contributed by atoms with Crippen molar-refractivity contribution in [3.63, 3.8) is 0 Å². The van der Waals surface area contributed by atoms with E-state index in [2.05, 4.69) is 4.99 Å². The molecule has 1 rings (SSSR count). The number of nitrogens with zero attached hydrogens (tertiary/aromatic N) is 1. The first-order chi connectivity index (χ1) is 3.29. The highest BCUT2D eigenvalue weighted by molar-refractivity contribution is 5.87. The summed E-state index contributed by atoms with van der Waals surface area (Å²) in [5, 5.41) is 9.89. The Morgan fingerprint density at radius 1 is 2.00 bits per heavy atom. The standard InChI is InChI=1S/C3H4N2O2/c6-3-1-5(7)2-4-3/h2,5H,1H2. The van der Waals surface area contributed by atoms with Crippen LogP contribution < -0.4 is 5.06 Å². The molecule has 0 fully saturated rings. The Hall–Kier alpha value is -0.740. The van der Waals surface area contributed by atoms with Gasteiger partial charge in [0.25, 0.3) is 0 Å². The van der Waals surface area contributed by atoms with E-state index in [9.17, 15) is 10.0 Å². The Morgan fingerprint density at radius 3 is 2.86 bits per heavy atom. The van der Waals surface area contributed by atoms with Crippen molar-refractivity contribution in [2.45, 2.75) is 0 Å². The Morgan fingerprint density at radius 2 is 2.71 bits per heavy atom. The van der Waals surface area contributed by atoms with Crippen LogP contribution in [0.5, 0.6) is 0 Å². The lowest BCUT2D eigenvalue weighted by Crippen LogP contribution is -3.05. The number of carbonyl (C=O) groups is 1. The van der Waals surface area contributed by atoms with Gasteiger partial charge in [0.05, 0.1) is 0 Å². The van der Waals surface area contributed by atoms with E-state index in [1.165, 1.54) is 0 Å². The average molecular weight is 100 g/mol. The Labute approximate surface area is 40.0 Å². The van der Waals surface area contributed by atoms with Gasteiger partial charge in [-0.25, -0.2) is 0 Å². The lowest BCUT2D eigenvalue weighted by molar-refractivity contribution is -0.725. The quantitative estimate of drug-likeness (QED) is 0.356. The van der Waals surface area contributed by atoms with E-state index in [1.807, 2.05) is 0 Å². The minimum atomic E-state index is -0.329. The molecule has 1 atom stereocenters. The number of hydrogen-bond donors (Lipinski definition) is 1. The maximum Gasteiger partial charge on any atom is 0.306 e. The number of hydrogen-bond acceptors (Lipinski definition) is 2. The van der Waals surface area contributed by atoms with Gasteiger partial charge in [-0.1, -0.05) is 0 Å². The highest BCUT2D eigenvalue weighted by Gasteiger charge is 2.09. The van der Waals surface area contributed by atoms with Crippen molar-refractivity contribution in [2.24, 2.45) is 4.99 Å². The summed E-state index contributed by atoms with van der Waals surface area (Å²) in [6.07, 6.45) is 1.06. The lowest BCUT2D eigenvalue weighted by Gasteiger charge is -2.05. The SMILES string of the molecule is O=C1C[NH+]([O-])C=N1. The molecule has 1 unspecified atom stereocenters. The third kappa shape index (κ3) is 0.819. The van der Waals surface area contributed by atoms with Crippen LogP contribution in [0.1, 0.15) is 0 Å². The largest absolute Gasteiger partial charge is 0.628 e. The molecule has 0 aromatic carbocycles. The van der Waals surface area contributed by atoms with Crippen LogP contribution in [-0.2, 0) is 4.79 Å². The minimum Gasteiger partial charge on any atom is -0.628 e. The number of hydroxylamine groups is 2. The topological polar surface area (TPSA) is 56.9 Å². The van der Waals surface area contributed by atoms with Crippen molar-refractivity contribution in [1.82, 2.24) is 0 Å². The molecule has 1 N–H and O–H groups in total. The van der Waals surface area contributed by atoms with Gasteiger partial charge in [-0.3, -0.25) is 4.79 Å². The van der Waals surface area contributed by atoms with Crippen LogP contribution in [0.4, 0.5) is 0 Å². The molecule has 0 aromatic heterocycles. The van der Waals surface area contributed by atoms with Crippen LogP contribution in [-0.4, -0.2) is 18.8 Å². The minimum absolute atomic E-state index is 0.0278. The van der Waals surface area contributed by atoms with E-state index in [1.54, 1.807) is 0 Å². The molecule has 1 amide bonds. The van der Waals surface area contributed by atoms with Gasteiger partial charge >= 0.3 is 5.91 Å². The number of amides is 1.